The van der Waals surface area contributed by atoms with E-state index in [4.69, 9.17) is 5.73 Å². The molecule has 0 radical (unpaired) electrons. The van der Waals surface area contributed by atoms with Gasteiger partial charge < -0.3 is 16.4 Å². The van der Waals surface area contributed by atoms with E-state index in [0.717, 1.165) is 19.4 Å². The van der Waals surface area contributed by atoms with E-state index in [2.05, 4.69) is 30.7 Å². The van der Waals surface area contributed by atoms with Crippen LogP contribution in [-0.4, -0.2) is 69.2 Å². The lowest BCUT2D eigenvalue weighted by molar-refractivity contribution is -0.119. The number of carbonyl (C=O) groups excluding carboxylic acids is 2. The maximum absolute atomic E-state index is 13.0. The van der Waals surface area contributed by atoms with Crippen LogP contribution in [0.15, 0.2) is 42.0 Å². The monoisotopic (exact) mass is 461 g/mol. The molecule has 1 aliphatic rings. The molecule has 0 aliphatic carbocycles. The molecule has 1 aliphatic heterocycles. The van der Waals surface area contributed by atoms with Crippen LogP contribution in [0.1, 0.15) is 34.6 Å². The quantitative estimate of drug-likeness (QED) is 0.474. The third-order valence-electron chi connectivity index (χ3n) is 5.82. The summed E-state index contributed by atoms with van der Waals surface area (Å²) in [5.41, 5.74) is 9.39. The molecule has 0 aromatic carbocycles. The number of nitrogens with two attached hydrogens (primary N) is 1. The van der Waals surface area contributed by atoms with Crippen LogP contribution in [0.5, 0.6) is 0 Å². The summed E-state index contributed by atoms with van der Waals surface area (Å²) in [6.45, 7) is 2.68. The fraction of sp³-hybridized carbons (Fsp3) is 0.304. The molecule has 4 rings (SSSR count). The van der Waals surface area contributed by atoms with Crippen LogP contribution >= 0.6 is 0 Å². The average molecular weight is 462 g/mol. The number of aliphatic imine (C=N–C) groups is 1. The fourth-order valence-electron chi connectivity index (χ4n) is 3.93. The van der Waals surface area contributed by atoms with Gasteiger partial charge in [0.2, 0.25) is 5.91 Å². The summed E-state index contributed by atoms with van der Waals surface area (Å²) in [6.07, 6.45) is 11.1. The molecule has 3 aromatic heterocycles. The number of hydrogen-bond acceptors (Lipinski definition) is 8. The summed E-state index contributed by atoms with van der Waals surface area (Å²) in [5, 5.41) is 10.0. The number of fused-ring (bicyclic) bond motifs is 1. The van der Waals surface area contributed by atoms with Gasteiger partial charge in [-0.05, 0) is 39.4 Å². The van der Waals surface area contributed by atoms with Crippen LogP contribution < -0.4 is 16.4 Å². The molecule has 0 bridgehead atoms. The van der Waals surface area contributed by atoms with Crippen molar-refractivity contribution in [1.29, 1.82) is 0 Å². The molecule has 4 N–H and O–H groups in total. The number of aromatic nitrogens is 4. The zero-order valence-electron chi connectivity index (χ0n) is 19.3. The van der Waals surface area contributed by atoms with E-state index in [9.17, 15) is 9.59 Å². The second-order valence-electron chi connectivity index (χ2n) is 8.11. The van der Waals surface area contributed by atoms with Crippen LogP contribution in [0.3, 0.4) is 0 Å². The minimum atomic E-state index is -0.363. The maximum atomic E-state index is 13.0. The van der Waals surface area contributed by atoms with Gasteiger partial charge in [0.05, 0.1) is 64.7 Å². The van der Waals surface area contributed by atoms with Crippen LogP contribution in [0.4, 0.5) is 11.4 Å². The van der Waals surface area contributed by atoms with Gasteiger partial charge in [0.25, 0.3) is 5.91 Å². The fourth-order valence-corrected chi connectivity index (χ4v) is 3.93. The predicted molar refractivity (Wildman–Crippen MR) is 131 cm³/mol. The SMILES string of the molecule is CN=C/C(=C\N)c1cn2ncc(C(=O)Nc3cc(NC(=O)[C@@H]4CCCN4C)cnc3C)c2cn1. The van der Waals surface area contributed by atoms with Crippen LogP contribution in [0.2, 0.25) is 0 Å². The molecular weight excluding hydrogens is 434 g/mol. The summed E-state index contributed by atoms with van der Waals surface area (Å²) in [4.78, 5) is 40.4. The van der Waals surface area contributed by atoms with Gasteiger partial charge >= 0.3 is 0 Å². The number of pyridine rings is 1. The number of nitrogens with zero attached hydrogens (tertiary/aromatic N) is 6. The number of amides is 2. The van der Waals surface area contributed by atoms with Crippen molar-refractivity contribution in [2.24, 2.45) is 10.7 Å². The number of allylic oxidation sites excluding steroid dienone is 1. The number of rotatable bonds is 6. The number of likely N-dealkylation sites (N-methyl/N-ethyl adjacent to an activating group) is 1. The van der Waals surface area contributed by atoms with Gasteiger partial charge in [-0.2, -0.15) is 5.10 Å². The molecule has 0 unspecified atom stereocenters. The molecule has 2 amide bonds. The first-order valence-corrected chi connectivity index (χ1v) is 10.9. The Kier molecular flexibility index (Phi) is 6.64. The number of nitrogens with one attached hydrogen (secondary N) is 2. The lowest BCUT2D eigenvalue weighted by atomic mass is 10.2. The van der Waals surface area contributed by atoms with Gasteiger partial charge in [-0.15, -0.1) is 0 Å². The van der Waals surface area contributed by atoms with Crippen molar-refractivity contribution in [2.45, 2.75) is 25.8 Å². The molecular formula is C23H27N9O2. The van der Waals surface area contributed by atoms with Crippen molar-refractivity contribution in [3.05, 3.63) is 54.0 Å². The smallest absolute Gasteiger partial charge is 0.259 e. The molecule has 4 heterocycles. The van der Waals surface area contributed by atoms with E-state index in [1.54, 1.807) is 49.4 Å². The number of carbonyl (C=O) groups is 2. The first-order chi connectivity index (χ1) is 16.4. The molecule has 11 nitrogen and oxygen atoms in total. The van der Waals surface area contributed by atoms with E-state index >= 15 is 0 Å². The van der Waals surface area contributed by atoms with Crippen molar-refractivity contribution in [3.8, 4) is 0 Å². The number of likely N-dealkylation sites (tertiary alicyclic amines) is 1. The molecule has 176 valence electrons. The van der Waals surface area contributed by atoms with Gasteiger partial charge in [0.1, 0.15) is 0 Å². The number of hydrogen-bond donors (Lipinski definition) is 3. The number of anilines is 2. The van der Waals surface area contributed by atoms with Crippen molar-refractivity contribution in [3.63, 3.8) is 0 Å². The lowest BCUT2D eigenvalue weighted by Crippen LogP contribution is -2.37. The molecule has 1 atom stereocenters. The zero-order valence-corrected chi connectivity index (χ0v) is 19.3. The van der Waals surface area contributed by atoms with E-state index in [-0.39, 0.29) is 17.9 Å². The number of aryl methyl sites for hydroxylation is 1. The van der Waals surface area contributed by atoms with E-state index < -0.39 is 0 Å². The van der Waals surface area contributed by atoms with Gasteiger partial charge in [-0.25, -0.2) is 4.52 Å². The maximum Gasteiger partial charge on any atom is 0.259 e. The molecule has 0 spiro atoms. The van der Waals surface area contributed by atoms with E-state index in [1.807, 2.05) is 11.9 Å². The van der Waals surface area contributed by atoms with Gasteiger partial charge in [-0.3, -0.25) is 29.4 Å². The van der Waals surface area contributed by atoms with Gasteiger partial charge in [-0.1, -0.05) is 0 Å². The Labute approximate surface area is 196 Å². The zero-order chi connectivity index (χ0) is 24.2. The Bertz CT molecular complexity index is 1290. The predicted octanol–water partition coefficient (Wildman–Crippen LogP) is 1.72. The second kappa shape index (κ2) is 9.79. The highest BCUT2D eigenvalue weighted by molar-refractivity contribution is 6.10. The summed E-state index contributed by atoms with van der Waals surface area (Å²) in [5.74, 6) is -0.440. The summed E-state index contributed by atoms with van der Waals surface area (Å²) in [7, 11) is 3.58. The second-order valence-corrected chi connectivity index (χ2v) is 8.11. The van der Waals surface area contributed by atoms with E-state index in [0.29, 0.717) is 39.4 Å². The Morgan fingerprint density at radius 2 is 2.06 bits per heavy atom. The third-order valence-corrected chi connectivity index (χ3v) is 5.82. The van der Waals surface area contributed by atoms with E-state index in [1.165, 1.54) is 12.4 Å². The Hall–Kier alpha value is -4.12. The Balaban J connectivity index is 1.53. The van der Waals surface area contributed by atoms with Crippen molar-refractivity contribution < 1.29 is 9.59 Å². The summed E-state index contributed by atoms with van der Waals surface area (Å²) < 4.78 is 1.56. The highest BCUT2D eigenvalue weighted by Gasteiger charge is 2.28. The lowest BCUT2D eigenvalue weighted by Gasteiger charge is -2.19. The highest BCUT2D eigenvalue weighted by atomic mass is 16.2. The Morgan fingerprint density at radius 3 is 2.76 bits per heavy atom. The normalized spacial score (nSPS) is 16.9. The first-order valence-electron chi connectivity index (χ1n) is 10.9. The standard InChI is InChI=1S/C23H27N9O2/c1-14-18(7-16(10-26-14)29-23(34)20-5-4-6-31(20)3)30-22(33)17-11-28-32-13-19(27-12-21(17)32)15(8-24)9-25-2/h7-13,20H,4-6,24H2,1-3H3,(H,29,34)(H,30,33)/b15-8+,25-9?/t20-/m0/s1. The average Bonchev–Trinajstić information content (AvgIpc) is 3.45. The highest BCUT2D eigenvalue weighted by Crippen LogP contribution is 2.22. The van der Waals surface area contributed by atoms with Crippen LogP contribution in [0, 0.1) is 6.92 Å². The molecule has 0 saturated carbocycles. The Morgan fingerprint density at radius 1 is 1.24 bits per heavy atom. The van der Waals surface area contributed by atoms with Crippen LogP contribution in [0.25, 0.3) is 11.1 Å². The molecule has 1 saturated heterocycles. The summed E-state index contributed by atoms with van der Waals surface area (Å²) >= 11 is 0. The largest absolute Gasteiger partial charge is 0.404 e. The molecule has 34 heavy (non-hydrogen) atoms. The minimum absolute atomic E-state index is 0.0774. The van der Waals surface area contributed by atoms with Crippen molar-refractivity contribution in [2.75, 3.05) is 31.3 Å². The third kappa shape index (κ3) is 4.64. The molecule has 11 heteroatoms. The van der Waals surface area contributed by atoms with Gasteiger partial charge in [0, 0.05) is 25.0 Å². The van der Waals surface area contributed by atoms with Crippen LogP contribution in [-0.2, 0) is 4.79 Å². The van der Waals surface area contributed by atoms with Gasteiger partial charge in [0.15, 0.2) is 0 Å². The molecule has 1 fully saturated rings. The molecule has 3 aromatic rings. The summed E-state index contributed by atoms with van der Waals surface area (Å²) in [6, 6.07) is 1.55. The van der Waals surface area contributed by atoms with Crippen molar-refractivity contribution >= 4 is 40.5 Å². The first kappa shape index (κ1) is 23.1. The van der Waals surface area contributed by atoms with Crippen molar-refractivity contribution in [1.82, 2.24) is 24.5 Å². The topological polar surface area (TPSA) is 143 Å². The minimum Gasteiger partial charge on any atom is -0.404 e.